The first-order valence-electron chi connectivity index (χ1n) is 3.65. The van der Waals surface area contributed by atoms with E-state index in [1.54, 1.807) is 0 Å². The summed E-state index contributed by atoms with van der Waals surface area (Å²) in [7, 11) is 0. The lowest BCUT2D eigenvalue weighted by atomic mass is 10.3. The zero-order chi connectivity index (χ0) is 7.52. The molecule has 0 aromatic carbocycles. The summed E-state index contributed by atoms with van der Waals surface area (Å²) in [4.78, 5) is 3.15. The molecule has 0 unspecified atom stereocenters. The molecule has 0 amide bonds. The lowest BCUT2D eigenvalue weighted by molar-refractivity contribution is 1.32. The number of hydrogen-bond acceptors (Lipinski definition) is 0. The van der Waals surface area contributed by atoms with Gasteiger partial charge in [0, 0.05) is 11.5 Å². The van der Waals surface area contributed by atoms with Crippen LogP contribution < -0.4 is 10.6 Å². The molecular formula is C10H9N. The molecule has 0 fully saturated rings. The van der Waals surface area contributed by atoms with Crippen molar-refractivity contribution in [2.45, 2.75) is 0 Å². The Labute approximate surface area is 65.1 Å². The lowest BCUT2D eigenvalue weighted by Crippen LogP contribution is -2.21. The van der Waals surface area contributed by atoms with E-state index in [0.29, 0.717) is 0 Å². The monoisotopic (exact) mass is 143 g/mol. The van der Waals surface area contributed by atoms with E-state index in [0.717, 1.165) is 0 Å². The van der Waals surface area contributed by atoms with Gasteiger partial charge < -0.3 is 4.98 Å². The van der Waals surface area contributed by atoms with Gasteiger partial charge in [-0.25, -0.2) is 0 Å². The van der Waals surface area contributed by atoms with Crippen LogP contribution in [0.4, 0.5) is 0 Å². The molecule has 1 heteroatoms. The minimum atomic E-state index is 1.17. The molecule has 0 spiro atoms. The first-order valence-corrected chi connectivity index (χ1v) is 3.65. The highest BCUT2D eigenvalue weighted by Gasteiger charge is 1.82. The van der Waals surface area contributed by atoms with E-state index < -0.39 is 0 Å². The van der Waals surface area contributed by atoms with Crippen LogP contribution in [0, 0.1) is 0 Å². The van der Waals surface area contributed by atoms with Crippen molar-refractivity contribution in [2.75, 3.05) is 0 Å². The predicted octanol–water partition coefficient (Wildman–Crippen LogP) is 0.702. The topological polar surface area (TPSA) is 15.8 Å². The summed E-state index contributed by atoms with van der Waals surface area (Å²) in [5.41, 5.74) is 0. The number of aromatic nitrogens is 1. The molecule has 0 radical (unpaired) electrons. The number of aromatic amines is 1. The molecule has 1 nitrogen and oxygen atoms in total. The molecule has 11 heavy (non-hydrogen) atoms. The summed E-state index contributed by atoms with van der Waals surface area (Å²) in [6, 6.07) is 2.06. The highest BCUT2D eigenvalue weighted by Crippen LogP contribution is 1.82. The summed E-state index contributed by atoms with van der Waals surface area (Å²) in [5, 5.41) is 2.41. The van der Waals surface area contributed by atoms with Crippen LogP contribution in [0.5, 0.6) is 0 Å². The Morgan fingerprint density at radius 3 is 2.64 bits per heavy atom. The Morgan fingerprint density at radius 1 is 0.909 bits per heavy atom. The minimum absolute atomic E-state index is 1.17. The Balaban J connectivity index is 2.80. The van der Waals surface area contributed by atoms with Crippen LogP contribution in [0.25, 0.3) is 12.2 Å². The fourth-order valence-corrected chi connectivity index (χ4v) is 1.12. The van der Waals surface area contributed by atoms with E-state index in [2.05, 4.69) is 23.2 Å². The van der Waals surface area contributed by atoms with Crippen molar-refractivity contribution in [3.05, 3.63) is 47.1 Å². The Bertz CT molecular complexity index is 366. The van der Waals surface area contributed by atoms with Crippen molar-refractivity contribution in [1.29, 1.82) is 0 Å². The summed E-state index contributed by atoms with van der Waals surface area (Å²) in [6.07, 6.45) is 14.2. The molecule has 1 aliphatic rings. The van der Waals surface area contributed by atoms with E-state index in [9.17, 15) is 0 Å². The quantitative estimate of drug-likeness (QED) is 0.550. The van der Waals surface area contributed by atoms with Gasteiger partial charge in [-0.2, -0.15) is 0 Å². The fourth-order valence-electron chi connectivity index (χ4n) is 1.12. The average molecular weight is 143 g/mol. The third kappa shape index (κ3) is 1.17. The van der Waals surface area contributed by atoms with Crippen LogP contribution in [0.3, 0.4) is 0 Å². The molecule has 0 bridgehead atoms. The van der Waals surface area contributed by atoms with Crippen LogP contribution in [-0.2, 0) is 0 Å². The first-order chi connectivity index (χ1) is 5.47. The van der Waals surface area contributed by atoms with Gasteiger partial charge in [0.25, 0.3) is 0 Å². The number of rotatable bonds is 0. The van der Waals surface area contributed by atoms with Gasteiger partial charge in [0.2, 0.25) is 0 Å². The van der Waals surface area contributed by atoms with E-state index in [4.69, 9.17) is 0 Å². The highest BCUT2D eigenvalue weighted by atomic mass is 14.6. The SMILES string of the molecule is C1=CC=c2cc[nH]c2=CC=C1. The normalized spacial score (nSPS) is 14.2. The van der Waals surface area contributed by atoms with Crippen LogP contribution in [0.1, 0.15) is 0 Å². The molecule has 0 aliphatic heterocycles. The molecule has 0 saturated carbocycles. The average Bonchev–Trinajstić information content (AvgIpc) is 2.35. The molecule has 1 heterocycles. The Morgan fingerprint density at radius 2 is 1.73 bits per heavy atom. The van der Waals surface area contributed by atoms with Crippen molar-refractivity contribution in [2.24, 2.45) is 0 Å². The molecule has 1 N–H and O–H groups in total. The molecule has 1 aliphatic carbocycles. The summed E-state index contributed by atoms with van der Waals surface area (Å²) >= 11 is 0. The van der Waals surface area contributed by atoms with Crippen molar-refractivity contribution in [3.8, 4) is 0 Å². The van der Waals surface area contributed by atoms with Gasteiger partial charge in [0.05, 0.1) is 0 Å². The van der Waals surface area contributed by atoms with Gasteiger partial charge in [-0.3, -0.25) is 0 Å². The second-order valence-electron chi connectivity index (χ2n) is 2.45. The van der Waals surface area contributed by atoms with E-state index >= 15 is 0 Å². The third-order valence-electron chi connectivity index (χ3n) is 1.68. The second-order valence-corrected chi connectivity index (χ2v) is 2.45. The molecular weight excluding hydrogens is 134 g/mol. The van der Waals surface area contributed by atoms with Crippen molar-refractivity contribution in [1.82, 2.24) is 4.98 Å². The number of nitrogens with one attached hydrogen (secondary N) is 1. The molecule has 1 aromatic heterocycles. The molecule has 1 aromatic rings. The van der Waals surface area contributed by atoms with Crippen LogP contribution in [0.2, 0.25) is 0 Å². The maximum atomic E-state index is 3.15. The van der Waals surface area contributed by atoms with Crippen molar-refractivity contribution in [3.63, 3.8) is 0 Å². The van der Waals surface area contributed by atoms with Gasteiger partial charge >= 0.3 is 0 Å². The predicted molar refractivity (Wildman–Crippen MR) is 47.3 cm³/mol. The van der Waals surface area contributed by atoms with Gasteiger partial charge in [-0.05, 0) is 17.4 Å². The van der Waals surface area contributed by atoms with Crippen molar-refractivity contribution >= 4 is 12.2 Å². The van der Waals surface area contributed by atoms with Crippen molar-refractivity contribution < 1.29 is 0 Å². The lowest BCUT2D eigenvalue weighted by Gasteiger charge is -1.81. The molecule has 54 valence electrons. The summed E-state index contributed by atoms with van der Waals surface area (Å²) < 4.78 is 0. The highest BCUT2D eigenvalue weighted by molar-refractivity contribution is 5.46. The molecule has 2 rings (SSSR count). The first kappa shape index (κ1) is 6.23. The van der Waals surface area contributed by atoms with Gasteiger partial charge in [-0.1, -0.05) is 30.4 Å². The largest absolute Gasteiger partial charge is 0.361 e. The van der Waals surface area contributed by atoms with Gasteiger partial charge in [0.15, 0.2) is 0 Å². The van der Waals surface area contributed by atoms with Crippen LogP contribution >= 0.6 is 0 Å². The fraction of sp³-hybridized carbons (Fsp3) is 0. The Kier molecular flexibility index (Phi) is 1.48. The van der Waals surface area contributed by atoms with E-state index in [1.165, 1.54) is 10.6 Å². The number of fused-ring (bicyclic) bond motifs is 1. The van der Waals surface area contributed by atoms with E-state index in [1.807, 2.05) is 30.5 Å². The second kappa shape index (κ2) is 2.62. The van der Waals surface area contributed by atoms with Crippen LogP contribution in [0.15, 0.2) is 36.6 Å². The maximum Gasteiger partial charge on any atom is 0.0453 e. The number of H-pyrrole nitrogens is 1. The zero-order valence-corrected chi connectivity index (χ0v) is 6.12. The molecule has 0 atom stereocenters. The van der Waals surface area contributed by atoms with Crippen LogP contribution in [-0.4, -0.2) is 4.98 Å². The standard InChI is InChI=1S/C10H9N/c1-2-4-6-10-9(5-3-1)7-8-11-10/h1-8,11H. The summed E-state index contributed by atoms with van der Waals surface area (Å²) in [6.45, 7) is 0. The number of allylic oxidation sites excluding steroid dienone is 4. The zero-order valence-electron chi connectivity index (χ0n) is 6.12. The minimum Gasteiger partial charge on any atom is -0.361 e. The Hall–Kier alpha value is -1.50. The number of hydrogen-bond donors (Lipinski definition) is 1. The summed E-state index contributed by atoms with van der Waals surface area (Å²) in [5.74, 6) is 0. The van der Waals surface area contributed by atoms with E-state index in [-0.39, 0.29) is 0 Å². The van der Waals surface area contributed by atoms with Gasteiger partial charge in [0.1, 0.15) is 0 Å². The third-order valence-corrected chi connectivity index (χ3v) is 1.68. The molecule has 0 saturated heterocycles. The maximum absolute atomic E-state index is 3.15. The van der Waals surface area contributed by atoms with Gasteiger partial charge in [-0.15, -0.1) is 0 Å². The smallest absolute Gasteiger partial charge is 0.0453 e.